The van der Waals surface area contributed by atoms with E-state index in [1.54, 1.807) is 24.3 Å². The number of carbonyl (C=O) groups excluding carboxylic acids is 1. The highest BCUT2D eigenvalue weighted by Crippen LogP contribution is 2.39. The van der Waals surface area contributed by atoms with Gasteiger partial charge in [-0.2, -0.15) is 13.2 Å². The molecule has 0 fully saturated rings. The summed E-state index contributed by atoms with van der Waals surface area (Å²) in [4.78, 5) is 12.5. The van der Waals surface area contributed by atoms with E-state index in [0.29, 0.717) is 16.8 Å². The van der Waals surface area contributed by atoms with Crippen LogP contribution in [0.2, 0.25) is 0 Å². The zero-order valence-electron chi connectivity index (χ0n) is 12.1. The molecule has 0 unspecified atom stereocenters. The van der Waals surface area contributed by atoms with Crippen molar-refractivity contribution < 1.29 is 18.0 Å². The van der Waals surface area contributed by atoms with E-state index in [2.05, 4.69) is 10.2 Å². The molecule has 3 nitrogen and oxygen atoms in total. The highest BCUT2D eigenvalue weighted by molar-refractivity contribution is 6.21. The number of alkyl halides is 3. The van der Waals surface area contributed by atoms with Gasteiger partial charge in [0.15, 0.2) is 5.78 Å². The summed E-state index contributed by atoms with van der Waals surface area (Å²) in [5.41, 5.74) is 0.958. The minimum absolute atomic E-state index is 0.0304. The average Bonchev–Trinajstić information content (AvgIpc) is 2.87. The van der Waals surface area contributed by atoms with Crippen LogP contribution >= 0.6 is 0 Å². The summed E-state index contributed by atoms with van der Waals surface area (Å²) in [6.07, 6.45) is -4.51. The third kappa shape index (κ3) is 2.11. The van der Waals surface area contributed by atoms with E-state index in [1.807, 2.05) is 0 Å². The van der Waals surface area contributed by atoms with Crippen molar-refractivity contribution in [1.82, 2.24) is 10.2 Å². The third-order valence-corrected chi connectivity index (χ3v) is 3.97. The van der Waals surface area contributed by atoms with Crippen LogP contribution in [0.1, 0.15) is 21.5 Å². The molecule has 1 aliphatic rings. The molecule has 0 N–H and O–H groups in total. The Morgan fingerprint density at radius 3 is 2.08 bits per heavy atom. The van der Waals surface area contributed by atoms with Gasteiger partial charge in [0, 0.05) is 16.7 Å². The van der Waals surface area contributed by atoms with Gasteiger partial charge in [-0.3, -0.25) is 4.79 Å². The van der Waals surface area contributed by atoms with Gasteiger partial charge in [-0.05, 0) is 12.1 Å². The lowest BCUT2D eigenvalue weighted by Gasteiger charge is -2.12. The quantitative estimate of drug-likeness (QED) is 0.521. The van der Waals surface area contributed by atoms with E-state index >= 15 is 0 Å². The van der Waals surface area contributed by atoms with Gasteiger partial charge in [0.1, 0.15) is 5.69 Å². The lowest BCUT2D eigenvalue weighted by Crippen LogP contribution is -2.08. The molecule has 0 saturated heterocycles. The Morgan fingerprint density at radius 2 is 1.38 bits per heavy atom. The van der Waals surface area contributed by atoms with Crippen LogP contribution < -0.4 is 0 Å². The molecule has 1 aliphatic carbocycles. The molecule has 1 heterocycles. The number of nitrogens with zero attached hydrogens (tertiary/aromatic N) is 2. The lowest BCUT2D eigenvalue weighted by atomic mass is 10.0. The Kier molecular flexibility index (Phi) is 3.03. The topological polar surface area (TPSA) is 42.9 Å². The Morgan fingerprint density at radius 1 is 0.750 bits per heavy atom. The Bertz CT molecular complexity index is 980. The van der Waals surface area contributed by atoms with Crippen LogP contribution in [-0.4, -0.2) is 16.0 Å². The minimum Gasteiger partial charge on any atom is -0.289 e. The molecule has 0 aliphatic heterocycles. The van der Waals surface area contributed by atoms with Gasteiger partial charge in [-0.1, -0.05) is 42.5 Å². The van der Waals surface area contributed by atoms with E-state index in [1.165, 1.54) is 24.3 Å². The number of hydrogen-bond acceptors (Lipinski definition) is 3. The first kappa shape index (κ1) is 14.6. The zero-order chi connectivity index (χ0) is 16.9. The highest BCUT2D eigenvalue weighted by Gasteiger charge is 2.35. The van der Waals surface area contributed by atoms with Gasteiger partial charge in [0.2, 0.25) is 0 Å². The van der Waals surface area contributed by atoms with Crippen LogP contribution in [0.4, 0.5) is 13.2 Å². The molecule has 0 amide bonds. The third-order valence-electron chi connectivity index (χ3n) is 3.97. The smallest absolute Gasteiger partial charge is 0.289 e. The number of benzene rings is 2. The van der Waals surface area contributed by atoms with Crippen LogP contribution in [0.25, 0.3) is 22.5 Å². The first-order chi connectivity index (χ1) is 11.5. The van der Waals surface area contributed by atoms with Crippen LogP contribution in [0.5, 0.6) is 0 Å². The Balaban J connectivity index is 1.90. The molecule has 0 bridgehead atoms. The summed E-state index contributed by atoms with van der Waals surface area (Å²) in [6.45, 7) is 0. The second-order valence-corrected chi connectivity index (χ2v) is 5.41. The second-order valence-electron chi connectivity index (χ2n) is 5.41. The molecule has 118 valence electrons. The molecule has 24 heavy (non-hydrogen) atoms. The van der Waals surface area contributed by atoms with Gasteiger partial charge in [0.05, 0.1) is 16.8 Å². The molecule has 3 aromatic rings. The number of carbonyl (C=O) groups is 1. The summed E-state index contributed by atoms with van der Waals surface area (Å²) in [5, 5.41) is 7.94. The predicted octanol–water partition coefficient (Wildman–Crippen LogP) is 4.37. The monoisotopic (exact) mass is 326 g/mol. The zero-order valence-corrected chi connectivity index (χ0v) is 12.1. The Labute approximate surface area is 134 Å². The van der Waals surface area contributed by atoms with E-state index < -0.39 is 11.7 Å². The summed E-state index contributed by atoms with van der Waals surface area (Å²) >= 11 is 0. The molecular weight excluding hydrogens is 317 g/mol. The predicted molar refractivity (Wildman–Crippen MR) is 81.3 cm³/mol. The van der Waals surface area contributed by atoms with Crippen molar-refractivity contribution >= 4 is 5.78 Å². The van der Waals surface area contributed by atoms with Crippen molar-refractivity contribution in [3.8, 4) is 22.5 Å². The molecule has 0 radical (unpaired) electrons. The SMILES string of the molecule is O=C1c2ccccc2-c2nnc(-c3ccccc3C(F)(F)F)cc21. The van der Waals surface area contributed by atoms with Crippen molar-refractivity contribution in [3.63, 3.8) is 0 Å². The number of halogens is 3. The number of fused-ring (bicyclic) bond motifs is 3. The van der Waals surface area contributed by atoms with Gasteiger partial charge in [-0.25, -0.2) is 0 Å². The molecule has 2 aromatic carbocycles. The number of ketones is 1. The fourth-order valence-electron chi connectivity index (χ4n) is 2.88. The fourth-order valence-corrected chi connectivity index (χ4v) is 2.88. The standard InChI is InChI=1S/C18H9F3N2O/c19-18(20,21)14-8-4-3-7-12(14)15-9-13-16(23-22-15)10-5-1-2-6-11(10)17(13)24/h1-9H. The van der Waals surface area contributed by atoms with Crippen molar-refractivity contribution in [3.05, 3.63) is 71.3 Å². The second kappa shape index (κ2) is 4.99. The maximum Gasteiger partial charge on any atom is 0.417 e. The van der Waals surface area contributed by atoms with E-state index in [0.717, 1.165) is 6.07 Å². The summed E-state index contributed by atoms with van der Waals surface area (Å²) in [5.74, 6) is -0.249. The molecule has 6 heteroatoms. The first-order valence-electron chi connectivity index (χ1n) is 7.15. The van der Waals surface area contributed by atoms with E-state index in [9.17, 15) is 18.0 Å². The molecule has 1 aromatic heterocycles. The van der Waals surface area contributed by atoms with Crippen molar-refractivity contribution in [2.45, 2.75) is 6.18 Å². The molecule has 0 saturated carbocycles. The highest BCUT2D eigenvalue weighted by atomic mass is 19.4. The van der Waals surface area contributed by atoms with Crippen molar-refractivity contribution in [2.75, 3.05) is 0 Å². The fraction of sp³-hybridized carbons (Fsp3) is 0.0556. The average molecular weight is 326 g/mol. The van der Waals surface area contributed by atoms with E-state index in [4.69, 9.17) is 0 Å². The summed E-state index contributed by atoms with van der Waals surface area (Å²) in [7, 11) is 0. The molecule has 4 rings (SSSR count). The maximum atomic E-state index is 13.2. The van der Waals surface area contributed by atoms with Gasteiger partial charge < -0.3 is 0 Å². The summed E-state index contributed by atoms with van der Waals surface area (Å²) in [6, 6.07) is 13.4. The molecular formula is C18H9F3N2O. The van der Waals surface area contributed by atoms with Gasteiger partial charge in [-0.15, -0.1) is 10.2 Å². The van der Waals surface area contributed by atoms with Crippen molar-refractivity contribution in [2.24, 2.45) is 0 Å². The molecule has 0 spiro atoms. The number of rotatable bonds is 1. The maximum absolute atomic E-state index is 13.2. The first-order valence-corrected chi connectivity index (χ1v) is 7.15. The van der Waals surface area contributed by atoms with Gasteiger partial charge in [0.25, 0.3) is 0 Å². The van der Waals surface area contributed by atoms with Gasteiger partial charge >= 0.3 is 6.18 Å². The van der Waals surface area contributed by atoms with Crippen LogP contribution in [0.3, 0.4) is 0 Å². The number of aromatic nitrogens is 2. The molecule has 0 atom stereocenters. The number of hydrogen-bond donors (Lipinski definition) is 0. The Hall–Kier alpha value is -3.02. The normalized spacial score (nSPS) is 12.9. The van der Waals surface area contributed by atoms with Crippen LogP contribution in [0.15, 0.2) is 54.6 Å². The lowest BCUT2D eigenvalue weighted by molar-refractivity contribution is -0.137. The largest absolute Gasteiger partial charge is 0.417 e. The van der Waals surface area contributed by atoms with E-state index in [-0.39, 0.29) is 22.6 Å². The minimum atomic E-state index is -4.51. The van der Waals surface area contributed by atoms with Crippen LogP contribution in [-0.2, 0) is 6.18 Å². The van der Waals surface area contributed by atoms with Crippen molar-refractivity contribution in [1.29, 1.82) is 0 Å². The van der Waals surface area contributed by atoms with Crippen LogP contribution in [0, 0.1) is 0 Å². The summed E-state index contributed by atoms with van der Waals surface area (Å²) < 4.78 is 39.6.